The first kappa shape index (κ1) is 24.5. The molecule has 0 spiro atoms. The fourth-order valence-electron chi connectivity index (χ4n) is 4.05. The summed E-state index contributed by atoms with van der Waals surface area (Å²) >= 11 is 0.819. The smallest absolute Gasteiger partial charge is 0.302 e. The Labute approximate surface area is 203 Å². The van der Waals surface area contributed by atoms with Crippen molar-refractivity contribution in [3.63, 3.8) is 0 Å². The number of esters is 1. The number of aryl methyl sites for hydroxylation is 1. The predicted molar refractivity (Wildman–Crippen MR) is 128 cm³/mol. The third kappa shape index (κ3) is 5.10. The van der Waals surface area contributed by atoms with Gasteiger partial charge < -0.3 is 26.4 Å². The number of halogens is 2. The molecule has 0 radical (unpaired) electrons. The van der Waals surface area contributed by atoms with Crippen molar-refractivity contribution in [2.24, 2.45) is 12.8 Å². The van der Waals surface area contributed by atoms with Gasteiger partial charge in [0.15, 0.2) is 11.5 Å². The van der Waals surface area contributed by atoms with Crippen molar-refractivity contribution < 1.29 is 23.1 Å². The summed E-state index contributed by atoms with van der Waals surface area (Å²) in [4.78, 5) is 30.5. The Morgan fingerprint density at radius 2 is 1.91 bits per heavy atom. The van der Waals surface area contributed by atoms with E-state index in [1.165, 1.54) is 19.2 Å². The molecule has 10 nitrogen and oxygen atoms in total. The van der Waals surface area contributed by atoms with Crippen molar-refractivity contribution in [1.29, 1.82) is 0 Å². The van der Waals surface area contributed by atoms with Gasteiger partial charge in [0.25, 0.3) is 5.91 Å². The lowest BCUT2D eigenvalue weighted by atomic mass is 10.1. The van der Waals surface area contributed by atoms with E-state index in [9.17, 15) is 18.4 Å². The lowest BCUT2D eigenvalue weighted by molar-refractivity contribution is -0.147. The monoisotopic (exact) mass is 505 g/mol. The van der Waals surface area contributed by atoms with Gasteiger partial charge in [0, 0.05) is 39.5 Å². The van der Waals surface area contributed by atoms with Crippen LogP contribution in [0.3, 0.4) is 0 Å². The molecule has 0 saturated carbocycles. The summed E-state index contributed by atoms with van der Waals surface area (Å²) in [6, 6.07) is 3.14. The number of rotatable bonds is 5. The van der Waals surface area contributed by atoms with Gasteiger partial charge in [-0.3, -0.25) is 14.3 Å². The lowest BCUT2D eigenvalue weighted by Crippen LogP contribution is -2.37. The number of hydrogen-bond donors (Lipinski definition) is 3. The van der Waals surface area contributed by atoms with Crippen LogP contribution in [-0.2, 0) is 16.6 Å². The van der Waals surface area contributed by atoms with Crippen LogP contribution in [0.15, 0.2) is 24.4 Å². The molecule has 13 heteroatoms. The summed E-state index contributed by atoms with van der Waals surface area (Å²) in [7, 11) is 1.73. The molecule has 1 saturated heterocycles. The summed E-state index contributed by atoms with van der Waals surface area (Å²) in [5.41, 5.74) is 12.1. The molecule has 1 aliphatic rings. The van der Waals surface area contributed by atoms with Gasteiger partial charge in [-0.25, -0.2) is 13.8 Å². The van der Waals surface area contributed by atoms with Gasteiger partial charge >= 0.3 is 5.97 Å². The number of ether oxygens (including phenoxy) is 1. The third-order valence-electron chi connectivity index (χ3n) is 5.71. The maximum atomic E-state index is 14.2. The second-order valence-electron chi connectivity index (χ2n) is 8.16. The highest BCUT2D eigenvalue weighted by Gasteiger charge is 2.29. The number of carbonyl (C=O) groups is 2. The molecule has 2 atom stereocenters. The molecule has 1 aliphatic heterocycles. The second kappa shape index (κ2) is 9.96. The minimum Gasteiger partial charge on any atom is -0.461 e. The first-order chi connectivity index (χ1) is 16.7. The second-order valence-corrected chi connectivity index (χ2v) is 9.19. The summed E-state index contributed by atoms with van der Waals surface area (Å²) in [6.45, 7) is 2.42. The number of carbonyl (C=O) groups excluding carboxylic acids is 2. The molecule has 186 valence electrons. The van der Waals surface area contributed by atoms with Crippen LogP contribution < -0.4 is 21.7 Å². The number of amides is 1. The minimum absolute atomic E-state index is 0.0237. The maximum Gasteiger partial charge on any atom is 0.302 e. The first-order valence-corrected chi connectivity index (χ1v) is 11.7. The van der Waals surface area contributed by atoms with Gasteiger partial charge in [-0.2, -0.15) is 5.10 Å². The number of hydrogen-bond acceptors (Lipinski definition) is 9. The van der Waals surface area contributed by atoms with Crippen LogP contribution >= 0.6 is 11.3 Å². The van der Waals surface area contributed by atoms with Crippen LogP contribution in [0, 0.1) is 11.6 Å². The summed E-state index contributed by atoms with van der Waals surface area (Å²) in [5, 5.41) is 6.99. The normalized spacial score (nSPS) is 18.3. The van der Waals surface area contributed by atoms with Gasteiger partial charge in [-0.05, 0) is 18.6 Å². The largest absolute Gasteiger partial charge is 0.461 e. The maximum absolute atomic E-state index is 14.2. The van der Waals surface area contributed by atoms with E-state index >= 15 is 0 Å². The van der Waals surface area contributed by atoms with Gasteiger partial charge in [0.1, 0.15) is 33.4 Å². The van der Waals surface area contributed by atoms with Gasteiger partial charge in [-0.1, -0.05) is 17.4 Å². The van der Waals surface area contributed by atoms with Crippen molar-refractivity contribution in [2.75, 3.05) is 29.0 Å². The van der Waals surface area contributed by atoms with Crippen LogP contribution in [0.5, 0.6) is 0 Å². The number of nitrogens with two attached hydrogens (primary N) is 2. The minimum atomic E-state index is -0.799. The molecule has 1 fully saturated rings. The first-order valence-electron chi connectivity index (χ1n) is 10.9. The molecule has 1 aromatic carbocycles. The Hall–Kier alpha value is -3.58. The van der Waals surface area contributed by atoms with E-state index in [0.717, 1.165) is 23.5 Å². The molecule has 4 rings (SSSR count). The summed E-state index contributed by atoms with van der Waals surface area (Å²) in [6.07, 6.45) is 2.15. The molecule has 2 aromatic heterocycles. The average Bonchev–Trinajstić information content (AvgIpc) is 3.29. The summed E-state index contributed by atoms with van der Waals surface area (Å²) in [5.74, 6) is -2.00. The zero-order valence-corrected chi connectivity index (χ0v) is 19.9. The molecule has 1 amide bonds. The quantitative estimate of drug-likeness (QED) is 0.449. The Balaban J connectivity index is 1.55. The molecular weight excluding hydrogens is 480 g/mol. The van der Waals surface area contributed by atoms with E-state index < -0.39 is 23.6 Å². The standard InChI is InChI=1S/C22H25F2N7O3S/c1-11(32)34-16-7-9-31(8-6-14(16)25)22-15(10-27-30(22)2)28-20(33)18-19(26)35-21(29-18)17-12(23)4-3-5-13(17)24/h3-5,10,14,16H,6-9,25-26H2,1-2H3,(H,28,33). The Morgan fingerprint density at radius 3 is 2.60 bits per heavy atom. The van der Waals surface area contributed by atoms with Crippen molar-refractivity contribution in [3.05, 3.63) is 41.7 Å². The molecular formula is C22H25F2N7O3S. The molecule has 35 heavy (non-hydrogen) atoms. The number of nitrogens with one attached hydrogen (secondary N) is 1. The zero-order valence-electron chi connectivity index (χ0n) is 19.1. The zero-order chi connectivity index (χ0) is 25.3. The molecule has 0 aliphatic carbocycles. The number of nitrogens with zero attached hydrogens (tertiary/aromatic N) is 4. The van der Waals surface area contributed by atoms with Gasteiger partial charge in [0.2, 0.25) is 0 Å². The van der Waals surface area contributed by atoms with Crippen LogP contribution in [0.2, 0.25) is 0 Å². The molecule has 2 unspecified atom stereocenters. The van der Waals surface area contributed by atoms with Crippen LogP contribution in [-0.4, -0.2) is 51.9 Å². The molecule has 5 N–H and O–H groups in total. The van der Waals surface area contributed by atoms with Crippen molar-refractivity contribution >= 4 is 39.7 Å². The lowest BCUT2D eigenvalue weighted by Gasteiger charge is -2.24. The summed E-state index contributed by atoms with van der Waals surface area (Å²) < 4.78 is 35.3. The SMILES string of the molecule is CC(=O)OC1CCN(c2c(NC(=O)c3nc(-c4c(F)cccc4F)sc3N)cnn2C)CCC1N. The Bertz CT molecular complexity index is 1240. The number of anilines is 3. The number of aromatic nitrogens is 3. The van der Waals surface area contributed by atoms with Gasteiger partial charge in [0.05, 0.1) is 11.8 Å². The van der Waals surface area contributed by atoms with Crippen LogP contribution in [0.4, 0.5) is 25.3 Å². The number of nitrogen functional groups attached to an aromatic ring is 1. The molecule has 0 bridgehead atoms. The van der Waals surface area contributed by atoms with E-state index in [0.29, 0.717) is 37.4 Å². The fraction of sp³-hybridized carbons (Fsp3) is 0.364. The van der Waals surface area contributed by atoms with E-state index in [-0.39, 0.29) is 33.3 Å². The van der Waals surface area contributed by atoms with E-state index in [2.05, 4.69) is 15.4 Å². The molecule has 3 heterocycles. The Morgan fingerprint density at radius 1 is 1.23 bits per heavy atom. The topological polar surface area (TPSA) is 141 Å². The van der Waals surface area contributed by atoms with Crippen molar-refractivity contribution in [2.45, 2.75) is 31.9 Å². The van der Waals surface area contributed by atoms with Crippen LogP contribution in [0.1, 0.15) is 30.3 Å². The van der Waals surface area contributed by atoms with Gasteiger partial charge in [-0.15, -0.1) is 0 Å². The van der Waals surface area contributed by atoms with E-state index in [1.807, 2.05) is 4.90 Å². The number of benzene rings is 1. The van der Waals surface area contributed by atoms with Crippen LogP contribution in [0.25, 0.3) is 10.6 Å². The highest BCUT2D eigenvalue weighted by atomic mass is 32.1. The third-order valence-corrected chi connectivity index (χ3v) is 6.61. The van der Waals surface area contributed by atoms with Crippen molar-refractivity contribution in [3.8, 4) is 10.6 Å². The predicted octanol–water partition coefficient (Wildman–Crippen LogP) is 2.52. The molecule has 3 aromatic rings. The van der Waals surface area contributed by atoms with E-state index in [4.69, 9.17) is 16.2 Å². The highest BCUT2D eigenvalue weighted by molar-refractivity contribution is 7.19. The van der Waals surface area contributed by atoms with Crippen molar-refractivity contribution in [1.82, 2.24) is 14.8 Å². The van der Waals surface area contributed by atoms with E-state index in [1.54, 1.807) is 11.7 Å². The fourth-order valence-corrected chi connectivity index (χ4v) is 4.93. The Kier molecular flexibility index (Phi) is 6.98. The average molecular weight is 506 g/mol. The number of thiazole rings is 1. The highest BCUT2D eigenvalue weighted by Crippen LogP contribution is 2.34.